The summed E-state index contributed by atoms with van der Waals surface area (Å²) in [7, 11) is 1.74. The first kappa shape index (κ1) is 13.8. The summed E-state index contributed by atoms with van der Waals surface area (Å²) in [6.07, 6.45) is 1.66. The highest BCUT2D eigenvalue weighted by atomic mass is 16.3. The van der Waals surface area contributed by atoms with E-state index in [2.05, 4.69) is 0 Å². The van der Waals surface area contributed by atoms with E-state index in [-0.39, 0.29) is 17.6 Å². The number of carbonyl (C=O) groups excluding carboxylic acids is 2. The normalized spacial score (nSPS) is 17.5. The third-order valence-corrected chi connectivity index (χ3v) is 3.92. The average Bonchev–Trinajstić information content (AvgIpc) is 2.66. The molecule has 1 N–H and O–H groups in total. The molecule has 2 rings (SSSR count). The van der Waals surface area contributed by atoms with Gasteiger partial charge in [0, 0.05) is 18.8 Å². The summed E-state index contributed by atoms with van der Waals surface area (Å²) in [4.78, 5) is 25.2. The van der Waals surface area contributed by atoms with Crippen molar-refractivity contribution in [2.75, 3.05) is 13.1 Å². The Bertz CT molecular complexity index is 525. The minimum atomic E-state index is -0.774. The van der Waals surface area contributed by atoms with Crippen LogP contribution >= 0.6 is 0 Å². The predicted octanol–water partition coefficient (Wildman–Crippen LogP) is 1.07. The second-order valence-electron chi connectivity index (χ2n) is 5.70. The molecule has 104 valence electrons. The van der Waals surface area contributed by atoms with Crippen molar-refractivity contribution in [3.05, 3.63) is 23.5 Å². The Balaban J connectivity index is 2.12. The second-order valence-corrected chi connectivity index (χ2v) is 5.70. The summed E-state index contributed by atoms with van der Waals surface area (Å²) in [5.74, 6) is -0.0741. The van der Waals surface area contributed by atoms with E-state index >= 15 is 0 Å². The predicted molar refractivity (Wildman–Crippen MR) is 71.1 cm³/mol. The van der Waals surface area contributed by atoms with Crippen molar-refractivity contribution in [3.63, 3.8) is 0 Å². The van der Waals surface area contributed by atoms with Gasteiger partial charge in [-0.2, -0.15) is 0 Å². The lowest BCUT2D eigenvalue weighted by Gasteiger charge is -2.48. The number of ketones is 1. The number of β-amino-alcohol motifs (C(OH)–C–C–N with tert-alkyl or cyclic N) is 1. The molecule has 0 atom stereocenters. The van der Waals surface area contributed by atoms with E-state index in [0.717, 1.165) is 0 Å². The molecule has 0 spiro atoms. The number of Topliss-reactive ketones (excluding diaryl/α,β-unsaturated/α-hetero) is 1. The quantitative estimate of drug-likeness (QED) is 0.831. The van der Waals surface area contributed by atoms with E-state index < -0.39 is 5.60 Å². The number of aromatic nitrogens is 1. The van der Waals surface area contributed by atoms with Gasteiger partial charge in [0.15, 0.2) is 5.78 Å². The van der Waals surface area contributed by atoms with Crippen molar-refractivity contribution in [3.8, 4) is 0 Å². The van der Waals surface area contributed by atoms with Gasteiger partial charge in [-0.25, -0.2) is 0 Å². The Labute approximate surface area is 112 Å². The molecule has 19 heavy (non-hydrogen) atoms. The Hall–Kier alpha value is -1.62. The average molecular weight is 264 g/mol. The van der Waals surface area contributed by atoms with E-state index in [1.807, 2.05) is 13.8 Å². The van der Waals surface area contributed by atoms with Crippen LogP contribution in [0.3, 0.4) is 0 Å². The number of amides is 1. The fraction of sp³-hybridized carbons (Fsp3) is 0.571. The zero-order chi connectivity index (χ0) is 14.4. The molecule has 2 heterocycles. The number of carbonyl (C=O) groups is 2. The topological polar surface area (TPSA) is 62.5 Å². The lowest BCUT2D eigenvalue weighted by atomic mass is 9.83. The number of nitrogens with zero attached hydrogens (tertiary/aromatic N) is 2. The van der Waals surface area contributed by atoms with Crippen LogP contribution in [0.25, 0.3) is 0 Å². The molecule has 1 aromatic rings. The first-order valence-electron chi connectivity index (χ1n) is 6.43. The van der Waals surface area contributed by atoms with Crippen molar-refractivity contribution >= 4 is 11.7 Å². The van der Waals surface area contributed by atoms with Crippen LogP contribution in [0.4, 0.5) is 0 Å². The lowest BCUT2D eigenvalue weighted by Crippen LogP contribution is -2.66. The number of hydrogen-bond acceptors (Lipinski definition) is 3. The summed E-state index contributed by atoms with van der Waals surface area (Å²) in [6, 6.07) is 1.61. The van der Waals surface area contributed by atoms with Gasteiger partial charge in [0.2, 0.25) is 0 Å². The van der Waals surface area contributed by atoms with Gasteiger partial charge in [-0.3, -0.25) is 9.59 Å². The molecule has 1 aliphatic heterocycles. The summed E-state index contributed by atoms with van der Waals surface area (Å²) >= 11 is 0. The molecule has 0 bridgehead atoms. The van der Waals surface area contributed by atoms with E-state index in [1.54, 1.807) is 28.8 Å². The Morgan fingerprint density at radius 3 is 2.37 bits per heavy atom. The van der Waals surface area contributed by atoms with Crippen molar-refractivity contribution in [1.29, 1.82) is 0 Å². The van der Waals surface area contributed by atoms with E-state index in [0.29, 0.717) is 24.3 Å². The molecule has 1 saturated heterocycles. The summed E-state index contributed by atoms with van der Waals surface area (Å²) in [6.45, 7) is 6.06. The van der Waals surface area contributed by atoms with Crippen LogP contribution in [0.2, 0.25) is 0 Å². The molecule has 1 aromatic heterocycles. The van der Waals surface area contributed by atoms with Crippen molar-refractivity contribution < 1.29 is 14.7 Å². The number of aryl methyl sites for hydroxylation is 1. The SMILES string of the molecule is CC(=O)c1cc(C(=O)N2CC(O)(C(C)C)C2)n(C)c1. The maximum Gasteiger partial charge on any atom is 0.270 e. The number of rotatable bonds is 3. The maximum atomic E-state index is 12.3. The van der Waals surface area contributed by atoms with Crippen LogP contribution < -0.4 is 0 Å². The fourth-order valence-electron chi connectivity index (χ4n) is 2.26. The minimum absolute atomic E-state index is 0.0584. The van der Waals surface area contributed by atoms with Crippen LogP contribution in [0.15, 0.2) is 12.3 Å². The molecule has 0 aromatic carbocycles. The summed E-state index contributed by atoms with van der Waals surface area (Å²) in [5, 5.41) is 10.2. The van der Waals surface area contributed by atoms with Gasteiger partial charge in [0.1, 0.15) is 11.3 Å². The van der Waals surface area contributed by atoms with Gasteiger partial charge in [0.25, 0.3) is 5.91 Å². The zero-order valence-electron chi connectivity index (χ0n) is 11.8. The molecule has 5 heteroatoms. The van der Waals surface area contributed by atoms with Crippen LogP contribution in [0.5, 0.6) is 0 Å². The highest BCUT2D eigenvalue weighted by Crippen LogP contribution is 2.29. The third kappa shape index (κ3) is 2.30. The molecule has 1 aliphatic rings. The highest BCUT2D eigenvalue weighted by molar-refractivity contribution is 5.99. The Morgan fingerprint density at radius 1 is 1.37 bits per heavy atom. The number of likely N-dealkylation sites (tertiary alicyclic amines) is 1. The first-order chi connectivity index (χ1) is 8.74. The molecular weight excluding hydrogens is 244 g/mol. The smallest absolute Gasteiger partial charge is 0.270 e. The highest BCUT2D eigenvalue weighted by Gasteiger charge is 2.46. The molecule has 1 amide bonds. The zero-order valence-corrected chi connectivity index (χ0v) is 11.8. The first-order valence-corrected chi connectivity index (χ1v) is 6.43. The van der Waals surface area contributed by atoms with Crippen LogP contribution in [0.1, 0.15) is 41.6 Å². The fourth-order valence-corrected chi connectivity index (χ4v) is 2.26. The van der Waals surface area contributed by atoms with E-state index in [9.17, 15) is 14.7 Å². The lowest BCUT2D eigenvalue weighted by molar-refractivity contribution is -0.111. The Kier molecular flexibility index (Phi) is 3.26. The molecule has 1 fully saturated rings. The Morgan fingerprint density at radius 2 is 1.95 bits per heavy atom. The molecule has 0 saturated carbocycles. The molecule has 0 aliphatic carbocycles. The minimum Gasteiger partial charge on any atom is -0.386 e. The molecule has 5 nitrogen and oxygen atoms in total. The largest absolute Gasteiger partial charge is 0.386 e. The van der Waals surface area contributed by atoms with Crippen molar-refractivity contribution in [2.24, 2.45) is 13.0 Å². The molecule has 0 unspecified atom stereocenters. The molecule has 0 radical (unpaired) electrons. The van der Waals surface area contributed by atoms with Gasteiger partial charge in [-0.15, -0.1) is 0 Å². The molecular formula is C14H20N2O3. The van der Waals surface area contributed by atoms with Gasteiger partial charge < -0.3 is 14.6 Å². The van der Waals surface area contributed by atoms with Crippen molar-refractivity contribution in [2.45, 2.75) is 26.4 Å². The van der Waals surface area contributed by atoms with Crippen molar-refractivity contribution in [1.82, 2.24) is 9.47 Å². The van der Waals surface area contributed by atoms with E-state index in [1.165, 1.54) is 6.92 Å². The van der Waals surface area contributed by atoms with Gasteiger partial charge in [-0.1, -0.05) is 13.8 Å². The standard InChI is InChI=1S/C14H20N2O3/c1-9(2)14(19)7-16(8-14)13(18)12-5-11(10(3)17)6-15(12)4/h5-6,9,19H,7-8H2,1-4H3. The maximum absolute atomic E-state index is 12.3. The van der Waals surface area contributed by atoms with Crippen LogP contribution in [0, 0.1) is 5.92 Å². The third-order valence-electron chi connectivity index (χ3n) is 3.92. The summed E-state index contributed by atoms with van der Waals surface area (Å²) in [5.41, 5.74) is 0.242. The van der Waals surface area contributed by atoms with Gasteiger partial charge in [0.05, 0.1) is 13.1 Å². The van der Waals surface area contributed by atoms with E-state index in [4.69, 9.17) is 0 Å². The summed E-state index contributed by atoms with van der Waals surface area (Å²) < 4.78 is 1.66. The second kappa shape index (κ2) is 4.49. The van der Waals surface area contributed by atoms with Crippen LogP contribution in [-0.2, 0) is 7.05 Å². The van der Waals surface area contributed by atoms with Crippen LogP contribution in [-0.4, -0.2) is 45.0 Å². The van der Waals surface area contributed by atoms with Gasteiger partial charge in [-0.05, 0) is 18.9 Å². The monoisotopic (exact) mass is 264 g/mol. The number of hydrogen-bond donors (Lipinski definition) is 1. The number of aliphatic hydroxyl groups is 1. The van der Waals surface area contributed by atoms with Gasteiger partial charge >= 0.3 is 0 Å².